The van der Waals surface area contributed by atoms with Crippen molar-refractivity contribution < 1.29 is 4.79 Å². The topological polar surface area (TPSA) is 58.4 Å². The fraction of sp³-hybridized carbons (Fsp3) is 0.929. The predicted octanol–water partition coefficient (Wildman–Crippen LogP) is 1.35. The normalized spacial score (nSPS) is 20.1. The number of hydrogen-bond donors (Lipinski definition) is 2. The van der Waals surface area contributed by atoms with Gasteiger partial charge in [-0.1, -0.05) is 20.8 Å². The summed E-state index contributed by atoms with van der Waals surface area (Å²) in [7, 11) is 0. The SMILES string of the molecule is CCCN1CCC(NC(=O)[C@H](N)CC(C)C)CC1. The van der Waals surface area contributed by atoms with Crippen molar-refractivity contribution in [2.45, 2.75) is 58.5 Å². The highest BCUT2D eigenvalue weighted by Crippen LogP contribution is 2.11. The number of nitrogens with zero attached hydrogens (tertiary/aromatic N) is 1. The van der Waals surface area contributed by atoms with Crippen molar-refractivity contribution >= 4 is 5.91 Å². The van der Waals surface area contributed by atoms with E-state index < -0.39 is 0 Å². The van der Waals surface area contributed by atoms with Gasteiger partial charge in [0, 0.05) is 19.1 Å². The quantitative estimate of drug-likeness (QED) is 0.753. The number of rotatable bonds is 6. The largest absolute Gasteiger partial charge is 0.352 e. The van der Waals surface area contributed by atoms with Crippen molar-refractivity contribution in [1.82, 2.24) is 10.2 Å². The Labute approximate surface area is 111 Å². The second-order valence-corrected chi connectivity index (χ2v) is 5.86. The molecule has 4 nitrogen and oxygen atoms in total. The van der Waals surface area contributed by atoms with Crippen molar-refractivity contribution in [2.24, 2.45) is 11.7 Å². The molecule has 3 N–H and O–H groups in total. The molecule has 0 aliphatic carbocycles. The maximum absolute atomic E-state index is 11.9. The summed E-state index contributed by atoms with van der Waals surface area (Å²) in [5, 5.41) is 3.10. The number of piperidine rings is 1. The number of nitrogens with two attached hydrogens (primary N) is 1. The molecule has 0 aromatic rings. The Hall–Kier alpha value is -0.610. The number of likely N-dealkylation sites (tertiary alicyclic amines) is 1. The van der Waals surface area contributed by atoms with Gasteiger partial charge in [-0.3, -0.25) is 4.79 Å². The Morgan fingerprint density at radius 3 is 2.50 bits per heavy atom. The lowest BCUT2D eigenvalue weighted by atomic mass is 10.0. The lowest BCUT2D eigenvalue weighted by molar-refractivity contribution is -0.123. The van der Waals surface area contributed by atoms with Gasteiger partial charge in [0.15, 0.2) is 0 Å². The van der Waals surface area contributed by atoms with Crippen molar-refractivity contribution in [3.63, 3.8) is 0 Å². The summed E-state index contributed by atoms with van der Waals surface area (Å²) < 4.78 is 0. The maximum atomic E-state index is 11.9. The van der Waals surface area contributed by atoms with Crippen molar-refractivity contribution in [3.8, 4) is 0 Å². The molecular formula is C14H29N3O. The van der Waals surface area contributed by atoms with Crippen LogP contribution in [0.2, 0.25) is 0 Å². The van der Waals surface area contributed by atoms with Crippen molar-refractivity contribution in [1.29, 1.82) is 0 Å². The summed E-state index contributed by atoms with van der Waals surface area (Å²) in [6.07, 6.45) is 4.08. The highest BCUT2D eigenvalue weighted by molar-refractivity contribution is 5.81. The minimum absolute atomic E-state index is 0.0256. The van der Waals surface area contributed by atoms with Crippen LogP contribution in [-0.4, -0.2) is 42.5 Å². The molecule has 1 fully saturated rings. The zero-order valence-corrected chi connectivity index (χ0v) is 12.1. The van der Waals surface area contributed by atoms with E-state index in [0.29, 0.717) is 12.0 Å². The summed E-state index contributed by atoms with van der Waals surface area (Å²) in [6, 6.07) is -0.0255. The van der Waals surface area contributed by atoms with Crippen LogP contribution in [-0.2, 0) is 4.79 Å². The second-order valence-electron chi connectivity index (χ2n) is 5.86. The van der Waals surface area contributed by atoms with E-state index in [0.717, 1.165) is 32.4 Å². The van der Waals surface area contributed by atoms with E-state index in [1.807, 2.05) is 0 Å². The molecule has 4 heteroatoms. The van der Waals surface area contributed by atoms with Gasteiger partial charge in [0.25, 0.3) is 0 Å². The average molecular weight is 255 g/mol. The Morgan fingerprint density at radius 2 is 2.00 bits per heavy atom. The van der Waals surface area contributed by atoms with E-state index in [2.05, 4.69) is 31.0 Å². The van der Waals surface area contributed by atoms with Gasteiger partial charge in [0.2, 0.25) is 5.91 Å². The van der Waals surface area contributed by atoms with Gasteiger partial charge in [0.05, 0.1) is 6.04 Å². The molecule has 1 aliphatic heterocycles. The van der Waals surface area contributed by atoms with Crippen LogP contribution in [0.15, 0.2) is 0 Å². The molecule has 18 heavy (non-hydrogen) atoms. The third-order valence-electron chi connectivity index (χ3n) is 3.54. The van der Waals surface area contributed by atoms with E-state index in [4.69, 9.17) is 5.73 Å². The van der Waals surface area contributed by atoms with Crippen LogP contribution in [0.3, 0.4) is 0 Å². The summed E-state index contributed by atoms with van der Waals surface area (Å²) >= 11 is 0. The third-order valence-corrected chi connectivity index (χ3v) is 3.54. The smallest absolute Gasteiger partial charge is 0.237 e. The minimum Gasteiger partial charge on any atom is -0.352 e. The molecule has 0 bridgehead atoms. The van der Waals surface area contributed by atoms with E-state index in [-0.39, 0.29) is 11.9 Å². The second kappa shape index (κ2) is 7.74. The van der Waals surface area contributed by atoms with E-state index >= 15 is 0 Å². The molecule has 1 aliphatic rings. The highest BCUT2D eigenvalue weighted by Gasteiger charge is 2.22. The molecule has 1 saturated heterocycles. The first-order chi connectivity index (χ1) is 8.52. The highest BCUT2D eigenvalue weighted by atomic mass is 16.2. The molecule has 0 spiro atoms. The molecule has 1 heterocycles. The maximum Gasteiger partial charge on any atom is 0.237 e. The van der Waals surface area contributed by atoms with Crippen LogP contribution in [0.5, 0.6) is 0 Å². The van der Waals surface area contributed by atoms with Crippen LogP contribution < -0.4 is 11.1 Å². The molecule has 0 aromatic heterocycles. The van der Waals surface area contributed by atoms with Crippen LogP contribution in [0.25, 0.3) is 0 Å². The van der Waals surface area contributed by atoms with E-state index in [1.54, 1.807) is 0 Å². The van der Waals surface area contributed by atoms with Crippen molar-refractivity contribution in [3.05, 3.63) is 0 Å². The van der Waals surface area contributed by atoms with Gasteiger partial charge in [-0.05, 0) is 38.1 Å². The summed E-state index contributed by atoms with van der Waals surface area (Å²) in [6.45, 7) is 9.76. The monoisotopic (exact) mass is 255 g/mol. The van der Waals surface area contributed by atoms with Gasteiger partial charge in [0.1, 0.15) is 0 Å². The fourth-order valence-electron chi connectivity index (χ4n) is 2.54. The standard InChI is InChI=1S/C14H29N3O/c1-4-7-17-8-5-12(6-9-17)16-14(18)13(15)10-11(2)3/h11-13H,4-10,15H2,1-3H3,(H,16,18)/t13-/m1/s1. The lowest BCUT2D eigenvalue weighted by Gasteiger charge is -2.32. The molecule has 106 valence electrons. The number of hydrogen-bond acceptors (Lipinski definition) is 3. The van der Waals surface area contributed by atoms with Gasteiger partial charge in [-0.2, -0.15) is 0 Å². The van der Waals surface area contributed by atoms with Crippen LogP contribution >= 0.6 is 0 Å². The first-order valence-corrected chi connectivity index (χ1v) is 7.31. The molecule has 1 amide bonds. The first-order valence-electron chi connectivity index (χ1n) is 7.31. The first kappa shape index (κ1) is 15.4. The van der Waals surface area contributed by atoms with E-state index in [1.165, 1.54) is 13.0 Å². The summed E-state index contributed by atoms with van der Waals surface area (Å²) in [4.78, 5) is 14.4. The Morgan fingerprint density at radius 1 is 1.39 bits per heavy atom. The number of carbonyl (C=O) groups is 1. The number of carbonyl (C=O) groups excluding carboxylic acids is 1. The molecule has 1 atom stereocenters. The predicted molar refractivity (Wildman–Crippen MR) is 75.3 cm³/mol. The van der Waals surface area contributed by atoms with Crippen molar-refractivity contribution in [2.75, 3.05) is 19.6 Å². The fourth-order valence-corrected chi connectivity index (χ4v) is 2.54. The summed E-state index contributed by atoms with van der Waals surface area (Å²) in [5.41, 5.74) is 5.89. The molecule has 1 rings (SSSR count). The molecule has 0 unspecified atom stereocenters. The Bertz CT molecular complexity index is 247. The summed E-state index contributed by atoms with van der Waals surface area (Å²) in [5.74, 6) is 0.495. The molecule has 0 saturated carbocycles. The average Bonchev–Trinajstić information content (AvgIpc) is 2.31. The third kappa shape index (κ3) is 5.36. The number of nitrogens with one attached hydrogen (secondary N) is 1. The van der Waals surface area contributed by atoms with Gasteiger partial charge < -0.3 is 16.0 Å². The molecular weight excluding hydrogens is 226 g/mol. The number of amides is 1. The molecule has 0 radical (unpaired) electrons. The minimum atomic E-state index is -0.348. The van der Waals surface area contributed by atoms with Gasteiger partial charge in [-0.25, -0.2) is 0 Å². The van der Waals surface area contributed by atoms with Gasteiger partial charge >= 0.3 is 0 Å². The zero-order chi connectivity index (χ0) is 13.5. The lowest BCUT2D eigenvalue weighted by Crippen LogP contribution is -2.50. The Kier molecular flexibility index (Phi) is 6.65. The Balaban J connectivity index is 2.25. The van der Waals surface area contributed by atoms with E-state index in [9.17, 15) is 4.79 Å². The van der Waals surface area contributed by atoms with Crippen LogP contribution in [0.4, 0.5) is 0 Å². The molecule has 0 aromatic carbocycles. The zero-order valence-electron chi connectivity index (χ0n) is 12.1. The van der Waals surface area contributed by atoms with Gasteiger partial charge in [-0.15, -0.1) is 0 Å². The van der Waals surface area contributed by atoms with Crippen LogP contribution in [0.1, 0.15) is 46.5 Å². The van der Waals surface area contributed by atoms with Crippen LogP contribution in [0, 0.1) is 5.92 Å².